The van der Waals surface area contributed by atoms with Gasteiger partial charge in [-0.1, -0.05) is 0 Å². The quantitative estimate of drug-likeness (QED) is 0.801. The molecule has 1 aromatic heterocycles. The van der Waals surface area contributed by atoms with Crippen LogP contribution in [0.4, 0.5) is 0 Å². The number of hydrogen-bond donors (Lipinski definition) is 2. The van der Waals surface area contributed by atoms with Crippen molar-refractivity contribution in [1.29, 1.82) is 0 Å². The molecule has 1 saturated heterocycles. The minimum atomic E-state index is -3.44. The Morgan fingerprint density at radius 1 is 1.43 bits per heavy atom. The zero-order chi connectivity index (χ0) is 14.9. The van der Waals surface area contributed by atoms with E-state index in [0.717, 1.165) is 31.6 Å². The lowest BCUT2D eigenvalue weighted by Gasteiger charge is -2.19. The number of ether oxygens (including phenoxy) is 1. The monoisotopic (exact) mass is 330 g/mol. The van der Waals surface area contributed by atoms with Gasteiger partial charge in [0, 0.05) is 25.2 Å². The van der Waals surface area contributed by atoms with Crippen LogP contribution in [0.15, 0.2) is 15.7 Å². The van der Waals surface area contributed by atoms with Crippen molar-refractivity contribution in [1.82, 2.24) is 10.0 Å². The highest BCUT2D eigenvalue weighted by Gasteiger charge is 2.28. The van der Waals surface area contributed by atoms with E-state index in [0.29, 0.717) is 10.3 Å². The highest BCUT2D eigenvalue weighted by Crippen LogP contribution is 2.24. The lowest BCUT2D eigenvalue weighted by atomic mass is 10.1. The van der Waals surface area contributed by atoms with Crippen LogP contribution < -0.4 is 10.0 Å². The van der Waals surface area contributed by atoms with Gasteiger partial charge >= 0.3 is 0 Å². The van der Waals surface area contributed by atoms with Crippen LogP contribution in [0, 0.1) is 0 Å². The van der Waals surface area contributed by atoms with E-state index in [1.165, 1.54) is 24.2 Å². The predicted octanol–water partition coefficient (Wildman–Crippen LogP) is 1.85. The van der Waals surface area contributed by atoms with E-state index in [1.807, 2.05) is 12.3 Å². The average Bonchev–Trinajstić information content (AvgIpc) is 2.96. The van der Waals surface area contributed by atoms with Crippen LogP contribution >= 0.6 is 11.3 Å². The van der Waals surface area contributed by atoms with Crippen molar-refractivity contribution >= 4 is 21.4 Å². The van der Waals surface area contributed by atoms with E-state index in [9.17, 15) is 8.42 Å². The molecule has 2 heterocycles. The van der Waals surface area contributed by atoms with E-state index in [4.69, 9.17) is 4.74 Å². The van der Waals surface area contributed by atoms with E-state index < -0.39 is 10.0 Å². The summed E-state index contributed by atoms with van der Waals surface area (Å²) in [6.45, 7) is 3.35. The van der Waals surface area contributed by atoms with Crippen molar-refractivity contribution in [2.75, 3.05) is 6.61 Å². The predicted molar refractivity (Wildman–Crippen MR) is 82.9 cm³/mol. The summed E-state index contributed by atoms with van der Waals surface area (Å²) in [6, 6.07) is 2.21. The van der Waals surface area contributed by atoms with Gasteiger partial charge in [-0.2, -0.15) is 0 Å². The van der Waals surface area contributed by atoms with E-state index in [1.54, 1.807) is 6.07 Å². The van der Waals surface area contributed by atoms with Crippen LogP contribution in [0.3, 0.4) is 0 Å². The van der Waals surface area contributed by atoms with Crippen molar-refractivity contribution in [3.63, 3.8) is 0 Å². The highest BCUT2D eigenvalue weighted by atomic mass is 32.2. The molecule has 2 N–H and O–H groups in total. The minimum absolute atomic E-state index is 0.00394. The second-order valence-electron chi connectivity index (χ2n) is 5.89. The first-order valence-electron chi connectivity index (χ1n) is 7.49. The molecule has 0 aromatic carbocycles. The van der Waals surface area contributed by atoms with Gasteiger partial charge in [-0.3, -0.25) is 0 Å². The number of rotatable bonds is 7. The Morgan fingerprint density at radius 3 is 2.90 bits per heavy atom. The van der Waals surface area contributed by atoms with Crippen LogP contribution in [-0.4, -0.2) is 33.2 Å². The van der Waals surface area contributed by atoms with Crippen molar-refractivity contribution in [2.45, 2.75) is 61.5 Å². The molecule has 0 amide bonds. The molecule has 3 rings (SSSR count). The van der Waals surface area contributed by atoms with Crippen molar-refractivity contribution in [3.8, 4) is 0 Å². The third-order valence-electron chi connectivity index (χ3n) is 3.93. The second-order valence-corrected chi connectivity index (χ2v) is 8.74. The maximum absolute atomic E-state index is 12.4. The topological polar surface area (TPSA) is 67.4 Å². The van der Waals surface area contributed by atoms with Gasteiger partial charge in [-0.25, -0.2) is 13.1 Å². The van der Waals surface area contributed by atoms with Crippen LogP contribution in [0.25, 0.3) is 0 Å². The molecule has 1 aliphatic carbocycles. The van der Waals surface area contributed by atoms with Gasteiger partial charge in [-0.15, -0.1) is 11.3 Å². The Labute approximate surface area is 130 Å². The summed E-state index contributed by atoms with van der Waals surface area (Å²) in [5.41, 5.74) is 1.04. The normalized spacial score (nSPS) is 24.3. The first-order chi connectivity index (χ1) is 10.0. The largest absolute Gasteiger partial charge is 0.377 e. The molecule has 1 saturated carbocycles. The molecule has 7 heteroatoms. The van der Waals surface area contributed by atoms with Gasteiger partial charge in [0.15, 0.2) is 0 Å². The van der Waals surface area contributed by atoms with Crippen LogP contribution in [0.1, 0.15) is 38.2 Å². The van der Waals surface area contributed by atoms with E-state index >= 15 is 0 Å². The summed E-state index contributed by atoms with van der Waals surface area (Å²) in [5, 5.41) is 5.31. The Morgan fingerprint density at radius 2 is 2.24 bits per heavy atom. The summed E-state index contributed by atoms with van der Waals surface area (Å²) < 4.78 is 33.4. The Balaban J connectivity index is 1.60. The standard InChI is InChI=1S/C14H22N2O3S2/c1-10(13-3-2-6-19-13)16-21(17,18)14-7-11(9-20-14)8-15-12-4-5-12/h7,9-10,12-13,15-16H,2-6,8H2,1H3. The Hall–Kier alpha value is -0.470. The second kappa shape index (κ2) is 6.34. The summed E-state index contributed by atoms with van der Waals surface area (Å²) in [4.78, 5) is 0. The maximum atomic E-state index is 12.4. The van der Waals surface area contributed by atoms with Gasteiger partial charge in [0.05, 0.1) is 6.10 Å². The molecule has 0 bridgehead atoms. The molecule has 0 spiro atoms. The summed E-state index contributed by atoms with van der Waals surface area (Å²) in [6.07, 6.45) is 4.39. The van der Waals surface area contributed by atoms with E-state index in [-0.39, 0.29) is 12.1 Å². The van der Waals surface area contributed by atoms with Crippen molar-refractivity contribution < 1.29 is 13.2 Å². The van der Waals surface area contributed by atoms with Crippen molar-refractivity contribution in [2.24, 2.45) is 0 Å². The molecule has 2 fully saturated rings. The molecule has 0 radical (unpaired) electrons. The molecule has 118 valence electrons. The fourth-order valence-electron chi connectivity index (χ4n) is 2.51. The van der Waals surface area contributed by atoms with Crippen molar-refractivity contribution in [3.05, 3.63) is 17.0 Å². The molecular weight excluding hydrogens is 308 g/mol. The smallest absolute Gasteiger partial charge is 0.250 e. The summed E-state index contributed by atoms with van der Waals surface area (Å²) >= 11 is 1.28. The SMILES string of the molecule is CC(NS(=O)(=O)c1cc(CNC2CC2)cs1)C1CCCO1. The molecule has 2 unspecified atom stereocenters. The lowest BCUT2D eigenvalue weighted by Crippen LogP contribution is -2.40. The molecule has 1 aliphatic heterocycles. The number of thiophene rings is 1. The summed E-state index contributed by atoms with van der Waals surface area (Å²) in [5.74, 6) is 0. The maximum Gasteiger partial charge on any atom is 0.250 e. The van der Waals surface area contributed by atoms with Crippen LogP contribution in [0.2, 0.25) is 0 Å². The highest BCUT2D eigenvalue weighted by molar-refractivity contribution is 7.91. The van der Waals surface area contributed by atoms with Crippen LogP contribution in [-0.2, 0) is 21.3 Å². The fourth-order valence-corrected chi connectivity index (χ4v) is 5.01. The first kappa shape index (κ1) is 15.4. The summed E-state index contributed by atoms with van der Waals surface area (Å²) in [7, 11) is -3.44. The van der Waals surface area contributed by atoms with Gasteiger partial charge < -0.3 is 10.1 Å². The van der Waals surface area contributed by atoms with Gasteiger partial charge in [0.1, 0.15) is 4.21 Å². The van der Waals surface area contributed by atoms with Gasteiger partial charge in [0.2, 0.25) is 10.0 Å². The zero-order valence-corrected chi connectivity index (χ0v) is 13.8. The van der Waals surface area contributed by atoms with Crippen LogP contribution in [0.5, 0.6) is 0 Å². The molecule has 2 aliphatic rings. The molecule has 21 heavy (non-hydrogen) atoms. The fraction of sp³-hybridized carbons (Fsp3) is 0.714. The molecule has 1 aromatic rings. The lowest BCUT2D eigenvalue weighted by molar-refractivity contribution is 0.0902. The van der Waals surface area contributed by atoms with Gasteiger partial charge in [-0.05, 0) is 49.6 Å². The first-order valence-corrected chi connectivity index (χ1v) is 9.85. The third-order valence-corrected chi connectivity index (χ3v) is 6.98. The zero-order valence-electron chi connectivity index (χ0n) is 12.2. The molecule has 5 nitrogen and oxygen atoms in total. The third kappa shape index (κ3) is 4.04. The average molecular weight is 330 g/mol. The Bertz CT molecular complexity index is 575. The minimum Gasteiger partial charge on any atom is -0.377 e. The number of sulfonamides is 1. The van der Waals surface area contributed by atoms with E-state index in [2.05, 4.69) is 10.0 Å². The Kier molecular flexibility index (Phi) is 4.66. The van der Waals surface area contributed by atoms with Gasteiger partial charge in [0.25, 0.3) is 0 Å². The number of hydrogen-bond acceptors (Lipinski definition) is 5. The molecular formula is C14H22N2O3S2. The number of nitrogens with one attached hydrogen (secondary N) is 2. The molecule has 2 atom stereocenters.